The molecule has 0 fully saturated rings. The molecule has 1 heterocycles. The highest BCUT2D eigenvalue weighted by Crippen LogP contribution is 2.34. The fourth-order valence-corrected chi connectivity index (χ4v) is 3.21. The van der Waals surface area contributed by atoms with Gasteiger partial charge in [0.1, 0.15) is 11.6 Å². The zero-order valence-corrected chi connectivity index (χ0v) is 14.0. The molecule has 0 radical (unpaired) electrons. The fraction of sp³-hybridized carbons (Fsp3) is 0.133. The molecular weight excluding hydrogens is 378 g/mol. The van der Waals surface area contributed by atoms with E-state index in [0.29, 0.717) is 15.3 Å². The van der Waals surface area contributed by atoms with Gasteiger partial charge in [-0.15, -0.1) is 11.6 Å². The number of aromatic nitrogens is 2. The predicted molar refractivity (Wildman–Crippen MR) is 88.0 cm³/mol. The maximum Gasteiger partial charge on any atom is 0.132 e. The Hall–Kier alpha value is -1.10. The molecule has 0 aliphatic heterocycles. The number of hydrogen-bond donors (Lipinski definition) is 0. The Bertz CT molecular complexity index is 830. The van der Waals surface area contributed by atoms with E-state index in [0.717, 1.165) is 16.7 Å². The summed E-state index contributed by atoms with van der Waals surface area (Å²) < 4.78 is 15.8. The Morgan fingerprint density at radius 2 is 2.05 bits per heavy atom. The summed E-state index contributed by atoms with van der Waals surface area (Å²) in [5.74, 6) is 0.341. The number of imidazole rings is 1. The van der Waals surface area contributed by atoms with Gasteiger partial charge in [-0.2, -0.15) is 0 Å². The second-order valence-corrected chi connectivity index (χ2v) is 6.54. The first-order valence-corrected chi connectivity index (χ1v) is 7.86. The number of para-hydroxylation sites is 1. The van der Waals surface area contributed by atoms with E-state index in [1.165, 1.54) is 12.1 Å². The van der Waals surface area contributed by atoms with Crippen molar-refractivity contribution in [3.8, 4) is 5.69 Å². The zero-order chi connectivity index (χ0) is 15.1. The van der Waals surface area contributed by atoms with E-state index in [-0.39, 0.29) is 11.2 Å². The largest absolute Gasteiger partial charge is 0.292 e. The van der Waals surface area contributed by atoms with Crippen LogP contribution in [0.15, 0.2) is 40.9 Å². The van der Waals surface area contributed by atoms with Crippen LogP contribution in [0.2, 0.25) is 5.02 Å². The highest BCUT2D eigenvalue weighted by atomic mass is 79.9. The lowest BCUT2D eigenvalue weighted by Crippen LogP contribution is -2.03. The third kappa shape index (κ3) is 2.56. The standard InChI is InChI=1S/C15H10BrCl2FN2/c1-8(17)15-20-12-4-2-3-11(18)14(12)21(15)13-6-5-9(19)7-10(13)16/h2-8H,1H3. The molecule has 3 rings (SSSR count). The average Bonchev–Trinajstić information content (AvgIpc) is 2.80. The van der Waals surface area contributed by atoms with Crippen LogP contribution in [0, 0.1) is 5.82 Å². The molecule has 6 heteroatoms. The predicted octanol–water partition coefficient (Wildman–Crippen LogP) is 5.88. The number of benzene rings is 2. The Kier molecular flexibility index (Phi) is 3.95. The number of halogens is 4. The quantitative estimate of drug-likeness (QED) is 0.502. The molecule has 3 aromatic rings. The molecular formula is C15H10BrCl2FN2. The number of rotatable bonds is 2. The van der Waals surface area contributed by atoms with Crippen LogP contribution in [0.3, 0.4) is 0 Å². The first-order chi connectivity index (χ1) is 9.99. The van der Waals surface area contributed by atoms with Crippen LogP contribution in [0.1, 0.15) is 18.1 Å². The molecule has 1 unspecified atom stereocenters. The normalized spacial score (nSPS) is 12.8. The second-order valence-electron chi connectivity index (χ2n) is 4.62. The minimum Gasteiger partial charge on any atom is -0.292 e. The Balaban J connectivity index is 2.41. The number of fused-ring (bicyclic) bond motifs is 1. The van der Waals surface area contributed by atoms with Gasteiger partial charge in [0.15, 0.2) is 0 Å². The van der Waals surface area contributed by atoms with Gasteiger partial charge in [0.2, 0.25) is 0 Å². The maximum atomic E-state index is 13.3. The van der Waals surface area contributed by atoms with E-state index in [9.17, 15) is 4.39 Å². The molecule has 0 bridgehead atoms. The van der Waals surface area contributed by atoms with Gasteiger partial charge in [-0.1, -0.05) is 17.7 Å². The van der Waals surface area contributed by atoms with Gasteiger partial charge in [0.05, 0.1) is 27.1 Å². The van der Waals surface area contributed by atoms with Gasteiger partial charge in [0, 0.05) is 4.47 Å². The van der Waals surface area contributed by atoms with Gasteiger partial charge in [-0.05, 0) is 53.2 Å². The van der Waals surface area contributed by atoms with Gasteiger partial charge in [-0.25, -0.2) is 9.37 Å². The third-order valence-corrected chi connectivity index (χ3v) is 4.29. The molecule has 2 aromatic carbocycles. The van der Waals surface area contributed by atoms with Crippen LogP contribution in [-0.4, -0.2) is 9.55 Å². The Labute approximate surface area is 139 Å². The van der Waals surface area contributed by atoms with E-state index in [1.807, 2.05) is 23.6 Å². The number of nitrogens with zero attached hydrogens (tertiary/aromatic N) is 2. The van der Waals surface area contributed by atoms with Crippen LogP contribution in [0.5, 0.6) is 0 Å². The monoisotopic (exact) mass is 386 g/mol. The first kappa shape index (κ1) is 14.8. The van der Waals surface area contributed by atoms with Crippen LogP contribution in [-0.2, 0) is 0 Å². The van der Waals surface area contributed by atoms with Gasteiger partial charge >= 0.3 is 0 Å². The molecule has 21 heavy (non-hydrogen) atoms. The van der Waals surface area contributed by atoms with Gasteiger partial charge < -0.3 is 0 Å². The highest BCUT2D eigenvalue weighted by Gasteiger charge is 2.19. The van der Waals surface area contributed by atoms with E-state index in [1.54, 1.807) is 12.1 Å². The summed E-state index contributed by atoms with van der Waals surface area (Å²) in [4.78, 5) is 4.54. The van der Waals surface area contributed by atoms with Crippen molar-refractivity contribution in [3.05, 3.63) is 57.5 Å². The fourth-order valence-electron chi connectivity index (χ4n) is 2.28. The van der Waals surface area contributed by atoms with Crippen molar-refractivity contribution in [1.82, 2.24) is 9.55 Å². The maximum absolute atomic E-state index is 13.3. The number of hydrogen-bond acceptors (Lipinski definition) is 1. The second kappa shape index (κ2) is 5.59. The molecule has 1 aromatic heterocycles. The van der Waals surface area contributed by atoms with Crippen molar-refractivity contribution in [1.29, 1.82) is 0 Å². The lowest BCUT2D eigenvalue weighted by molar-refractivity contribution is 0.626. The summed E-state index contributed by atoms with van der Waals surface area (Å²) in [6.07, 6.45) is 0. The molecule has 2 nitrogen and oxygen atoms in total. The minimum atomic E-state index is -0.318. The molecule has 0 saturated carbocycles. The smallest absolute Gasteiger partial charge is 0.132 e. The van der Waals surface area contributed by atoms with Crippen molar-refractivity contribution < 1.29 is 4.39 Å². The van der Waals surface area contributed by atoms with E-state index in [4.69, 9.17) is 23.2 Å². The lowest BCUT2D eigenvalue weighted by atomic mass is 10.2. The molecule has 0 aliphatic rings. The highest BCUT2D eigenvalue weighted by molar-refractivity contribution is 9.10. The van der Waals surface area contributed by atoms with Crippen LogP contribution < -0.4 is 0 Å². The summed E-state index contributed by atoms with van der Waals surface area (Å²) in [6.45, 7) is 1.84. The molecule has 1 atom stereocenters. The van der Waals surface area contributed by atoms with E-state index < -0.39 is 0 Å². The molecule has 0 spiro atoms. The first-order valence-electron chi connectivity index (χ1n) is 6.25. The van der Waals surface area contributed by atoms with Gasteiger partial charge in [-0.3, -0.25) is 4.57 Å². The summed E-state index contributed by atoms with van der Waals surface area (Å²) in [5.41, 5.74) is 2.25. The Morgan fingerprint density at radius 1 is 1.29 bits per heavy atom. The Morgan fingerprint density at radius 3 is 2.71 bits per heavy atom. The van der Waals surface area contributed by atoms with Crippen LogP contribution in [0.4, 0.5) is 4.39 Å². The van der Waals surface area contributed by atoms with Crippen molar-refractivity contribution >= 4 is 50.2 Å². The van der Waals surface area contributed by atoms with E-state index >= 15 is 0 Å². The van der Waals surface area contributed by atoms with Crippen LogP contribution in [0.25, 0.3) is 16.7 Å². The summed E-state index contributed by atoms with van der Waals surface area (Å²) >= 11 is 16.0. The van der Waals surface area contributed by atoms with Crippen LogP contribution >= 0.6 is 39.1 Å². The van der Waals surface area contributed by atoms with Crippen molar-refractivity contribution in [2.75, 3.05) is 0 Å². The summed E-state index contributed by atoms with van der Waals surface area (Å²) in [6, 6.07) is 9.98. The molecule has 0 aliphatic carbocycles. The molecule has 108 valence electrons. The lowest BCUT2D eigenvalue weighted by Gasteiger charge is -2.13. The number of alkyl halides is 1. The molecule has 0 saturated heterocycles. The minimum absolute atomic E-state index is 0.314. The van der Waals surface area contributed by atoms with E-state index in [2.05, 4.69) is 20.9 Å². The van der Waals surface area contributed by atoms with Crippen molar-refractivity contribution in [2.24, 2.45) is 0 Å². The van der Waals surface area contributed by atoms with Gasteiger partial charge in [0.25, 0.3) is 0 Å². The van der Waals surface area contributed by atoms with Crippen molar-refractivity contribution in [2.45, 2.75) is 12.3 Å². The SMILES string of the molecule is CC(Cl)c1nc2cccc(Cl)c2n1-c1ccc(F)cc1Br. The third-order valence-electron chi connectivity index (χ3n) is 3.16. The zero-order valence-electron chi connectivity index (χ0n) is 10.9. The summed E-state index contributed by atoms with van der Waals surface area (Å²) in [5, 5.41) is 0.255. The van der Waals surface area contributed by atoms with Crippen molar-refractivity contribution in [3.63, 3.8) is 0 Å². The summed E-state index contributed by atoms with van der Waals surface area (Å²) in [7, 11) is 0. The average molecular weight is 388 g/mol. The molecule has 0 amide bonds. The topological polar surface area (TPSA) is 17.8 Å². The molecule has 0 N–H and O–H groups in total.